The average molecular weight is 191 g/mol. The topological polar surface area (TPSA) is 37.4 Å². The Morgan fingerprint density at radius 1 is 1.42 bits per heavy atom. The van der Waals surface area contributed by atoms with Crippen LogP contribution < -0.4 is 0 Å². The fourth-order valence-electron chi connectivity index (χ4n) is 0.854. The van der Waals surface area contributed by atoms with E-state index in [9.17, 15) is 9.36 Å². The predicted octanol–water partition coefficient (Wildman–Crippen LogP) is 2.13. The number of hydrogen-bond donors (Lipinski definition) is 0. The molecule has 0 saturated carbocycles. The van der Waals surface area contributed by atoms with Crippen LogP contribution in [0.3, 0.4) is 0 Å². The maximum atomic E-state index is 11.7. The highest BCUT2D eigenvalue weighted by atomic mass is 31.1. The number of carbonyl (C=O) groups excluding carboxylic acids is 1. The van der Waals surface area contributed by atoms with Gasteiger partial charge in [0.2, 0.25) is 5.91 Å². The van der Waals surface area contributed by atoms with Crippen LogP contribution in [0, 0.1) is 0 Å². The lowest BCUT2D eigenvalue weighted by Gasteiger charge is -2.25. The van der Waals surface area contributed by atoms with E-state index in [2.05, 4.69) is 0 Å². The third-order valence-corrected chi connectivity index (χ3v) is 3.76. The van der Waals surface area contributed by atoms with Gasteiger partial charge in [-0.25, -0.2) is 0 Å². The van der Waals surface area contributed by atoms with Crippen molar-refractivity contribution >= 4 is 13.9 Å². The lowest BCUT2D eigenvalue weighted by molar-refractivity contribution is -0.125. The van der Waals surface area contributed by atoms with Gasteiger partial charge in [0.05, 0.1) is 0 Å². The summed E-state index contributed by atoms with van der Waals surface area (Å²) in [6, 6.07) is 0. The largest absolute Gasteiger partial charge is 0.303 e. The average Bonchev–Trinajstić information content (AvgIpc) is 1.98. The lowest BCUT2D eigenvalue weighted by atomic mass is 10.3. The van der Waals surface area contributed by atoms with Crippen LogP contribution in [0.25, 0.3) is 0 Å². The molecular formula is C8H18NO2P. The van der Waals surface area contributed by atoms with Gasteiger partial charge in [-0.1, -0.05) is 27.7 Å². The molecule has 0 aromatic carbocycles. The van der Waals surface area contributed by atoms with E-state index in [0.717, 1.165) is 0 Å². The first-order valence-corrected chi connectivity index (χ1v) is 5.47. The molecule has 0 bridgehead atoms. The van der Waals surface area contributed by atoms with Crippen LogP contribution in [0.1, 0.15) is 34.1 Å². The fourth-order valence-corrected chi connectivity index (χ4v) is 2.24. The zero-order valence-corrected chi connectivity index (χ0v) is 9.47. The van der Waals surface area contributed by atoms with Crippen molar-refractivity contribution in [1.82, 2.24) is 4.67 Å². The van der Waals surface area contributed by atoms with Gasteiger partial charge in [-0.05, 0) is 0 Å². The van der Waals surface area contributed by atoms with Gasteiger partial charge in [-0.15, -0.1) is 0 Å². The SMILES string of the molecule is CCC(=O)N(C)[PH](=O)C(C)(C)C. The van der Waals surface area contributed by atoms with Crippen LogP contribution in [0.2, 0.25) is 0 Å². The quantitative estimate of drug-likeness (QED) is 0.627. The van der Waals surface area contributed by atoms with E-state index in [0.29, 0.717) is 6.42 Å². The first-order chi connectivity index (χ1) is 5.30. The van der Waals surface area contributed by atoms with Gasteiger partial charge in [-0.3, -0.25) is 9.46 Å². The smallest absolute Gasteiger partial charge is 0.227 e. The molecule has 12 heavy (non-hydrogen) atoms. The maximum Gasteiger partial charge on any atom is 0.227 e. The molecule has 3 nitrogen and oxygen atoms in total. The monoisotopic (exact) mass is 191 g/mol. The molecule has 0 radical (unpaired) electrons. The van der Waals surface area contributed by atoms with E-state index in [1.54, 1.807) is 14.0 Å². The van der Waals surface area contributed by atoms with Gasteiger partial charge in [-0.2, -0.15) is 0 Å². The molecular weight excluding hydrogens is 173 g/mol. The van der Waals surface area contributed by atoms with E-state index in [1.807, 2.05) is 20.8 Å². The van der Waals surface area contributed by atoms with Gasteiger partial charge < -0.3 is 4.57 Å². The highest BCUT2D eigenvalue weighted by Crippen LogP contribution is 2.40. The second-order valence-corrected chi connectivity index (χ2v) is 6.64. The van der Waals surface area contributed by atoms with E-state index in [4.69, 9.17) is 0 Å². The van der Waals surface area contributed by atoms with Crippen LogP contribution in [-0.4, -0.2) is 22.8 Å². The van der Waals surface area contributed by atoms with Gasteiger partial charge in [0, 0.05) is 18.6 Å². The summed E-state index contributed by atoms with van der Waals surface area (Å²) in [5.41, 5.74) is 0. The minimum atomic E-state index is -1.96. The Labute approximate surface area is 75.0 Å². The molecule has 0 aromatic heterocycles. The maximum absolute atomic E-state index is 11.7. The van der Waals surface area contributed by atoms with E-state index in [1.165, 1.54) is 4.67 Å². The summed E-state index contributed by atoms with van der Waals surface area (Å²) < 4.78 is 13.0. The Morgan fingerprint density at radius 3 is 2.08 bits per heavy atom. The number of carbonyl (C=O) groups is 1. The highest BCUT2D eigenvalue weighted by molar-refractivity contribution is 7.44. The summed E-state index contributed by atoms with van der Waals surface area (Å²) in [7, 11) is -0.351. The molecule has 0 N–H and O–H groups in total. The zero-order valence-electron chi connectivity index (χ0n) is 8.47. The Hall–Kier alpha value is -0.300. The molecule has 0 fully saturated rings. The van der Waals surface area contributed by atoms with Crippen molar-refractivity contribution in [2.45, 2.75) is 39.3 Å². The molecule has 0 aromatic rings. The number of nitrogens with zero attached hydrogens (tertiary/aromatic N) is 1. The lowest BCUT2D eigenvalue weighted by Crippen LogP contribution is -2.25. The summed E-state index contributed by atoms with van der Waals surface area (Å²) in [6.45, 7) is 7.42. The first kappa shape index (κ1) is 11.7. The minimum absolute atomic E-state index is 0.0474. The Balaban J connectivity index is 4.41. The van der Waals surface area contributed by atoms with Crippen molar-refractivity contribution in [2.24, 2.45) is 0 Å². The molecule has 1 unspecified atom stereocenters. The minimum Gasteiger partial charge on any atom is -0.303 e. The molecule has 0 aliphatic heterocycles. The van der Waals surface area contributed by atoms with Crippen LogP contribution >= 0.6 is 7.95 Å². The molecule has 1 amide bonds. The van der Waals surface area contributed by atoms with Gasteiger partial charge in [0.25, 0.3) is 0 Å². The molecule has 0 rings (SSSR count). The third kappa shape index (κ3) is 2.98. The molecule has 0 aliphatic rings. The van der Waals surface area contributed by atoms with Crippen molar-refractivity contribution in [3.8, 4) is 0 Å². The first-order valence-electron chi connectivity index (χ1n) is 4.11. The second-order valence-electron chi connectivity index (χ2n) is 3.86. The van der Waals surface area contributed by atoms with Crippen LogP contribution in [0.15, 0.2) is 0 Å². The van der Waals surface area contributed by atoms with E-state index in [-0.39, 0.29) is 11.1 Å². The summed E-state index contributed by atoms with van der Waals surface area (Å²) >= 11 is 0. The van der Waals surface area contributed by atoms with Crippen molar-refractivity contribution in [3.05, 3.63) is 0 Å². The van der Waals surface area contributed by atoms with Crippen molar-refractivity contribution in [1.29, 1.82) is 0 Å². The molecule has 0 spiro atoms. The van der Waals surface area contributed by atoms with Crippen molar-refractivity contribution < 1.29 is 9.36 Å². The third-order valence-electron chi connectivity index (χ3n) is 1.62. The predicted molar refractivity (Wildman–Crippen MR) is 51.8 cm³/mol. The Kier molecular flexibility index (Phi) is 3.98. The Morgan fingerprint density at radius 2 is 1.83 bits per heavy atom. The van der Waals surface area contributed by atoms with E-state index < -0.39 is 7.95 Å². The van der Waals surface area contributed by atoms with Crippen LogP contribution in [0.5, 0.6) is 0 Å². The molecule has 72 valence electrons. The highest BCUT2D eigenvalue weighted by Gasteiger charge is 2.25. The van der Waals surface area contributed by atoms with Crippen molar-refractivity contribution in [2.75, 3.05) is 7.05 Å². The summed E-state index contributed by atoms with van der Waals surface area (Å²) in [6.07, 6.45) is 0.420. The van der Waals surface area contributed by atoms with Crippen molar-refractivity contribution in [3.63, 3.8) is 0 Å². The van der Waals surface area contributed by atoms with Crippen LogP contribution in [-0.2, 0) is 9.36 Å². The Bertz CT molecular complexity index is 196. The molecule has 0 saturated heterocycles. The summed E-state index contributed by atoms with van der Waals surface area (Å²) in [5, 5.41) is -0.287. The van der Waals surface area contributed by atoms with E-state index >= 15 is 0 Å². The normalized spacial score (nSPS) is 14.1. The standard InChI is InChI=1S/C8H18NO2P/c1-6-7(10)9(5)12(11)8(2,3)4/h12H,6H2,1-5H3. The second kappa shape index (κ2) is 4.08. The summed E-state index contributed by atoms with van der Waals surface area (Å²) in [4.78, 5) is 11.2. The summed E-state index contributed by atoms with van der Waals surface area (Å²) in [5.74, 6) is -0.0474. The van der Waals surface area contributed by atoms with Gasteiger partial charge in [0.1, 0.15) is 0 Å². The molecule has 0 heterocycles. The molecule has 1 atom stereocenters. The molecule has 4 heteroatoms. The number of amides is 1. The zero-order chi connectivity index (χ0) is 9.94. The van der Waals surface area contributed by atoms with Gasteiger partial charge in [0.15, 0.2) is 7.95 Å². The number of hydrogen-bond acceptors (Lipinski definition) is 2. The molecule has 0 aliphatic carbocycles. The van der Waals surface area contributed by atoms with Gasteiger partial charge >= 0.3 is 0 Å². The van der Waals surface area contributed by atoms with Crippen LogP contribution in [0.4, 0.5) is 0 Å². The fraction of sp³-hybridized carbons (Fsp3) is 0.875. The number of rotatable bonds is 2.